The molecule has 0 radical (unpaired) electrons. The fourth-order valence-electron chi connectivity index (χ4n) is 3.24. The highest BCUT2D eigenvalue weighted by Crippen LogP contribution is 2.25. The first-order valence-corrected chi connectivity index (χ1v) is 11.3. The lowest BCUT2D eigenvalue weighted by Gasteiger charge is -2.07. The second kappa shape index (κ2) is 11.2. The smallest absolute Gasteiger partial charge is 0.248 e. The molecule has 174 valence electrons. The number of para-hydroxylation sites is 1. The number of halogens is 1. The predicted octanol–water partition coefficient (Wildman–Crippen LogP) is 4.41. The van der Waals surface area contributed by atoms with Crippen molar-refractivity contribution >= 4 is 40.2 Å². The van der Waals surface area contributed by atoms with Crippen LogP contribution in [0.5, 0.6) is 5.75 Å². The standard InChI is InChI=1S/C24H22ClN5O4/c25-13-2-1-3-14-33-17-10-7-16(8-11-17)9-12-22(32)26-19-6-4-5-18-20(31)15-21(34-23(18)19)24-27-29-30-28-24/h4-12,15H,1-3,13-14H2,(H,26,32)(H,27,28,29,30). The lowest BCUT2D eigenvalue weighted by Crippen LogP contribution is -2.09. The number of hydrogen-bond acceptors (Lipinski definition) is 7. The van der Waals surface area contributed by atoms with Crippen LogP contribution in [0.15, 0.2) is 63.8 Å². The molecule has 10 heteroatoms. The Morgan fingerprint density at radius 1 is 1.15 bits per heavy atom. The Kier molecular flexibility index (Phi) is 7.67. The van der Waals surface area contributed by atoms with Crippen molar-refractivity contribution in [1.29, 1.82) is 0 Å². The van der Waals surface area contributed by atoms with E-state index in [-0.39, 0.29) is 28.5 Å². The zero-order valence-electron chi connectivity index (χ0n) is 18.2. The molecule has 0 aliphatic heterocycles. The van der Waals surface area contributed by atoms with E-state index in [1.807, 2.05) is 24.3 Å². The van der Waals surface area contributed by atoms with E-state index in [1.54, 1.807) is 24.3 Å². The number of anilines is 1. The zero-order chi connectivity index (χ0) is 23.8. The summed E-state index contributed by atoms with van der Waals surface area (Å²) in [6, 6.07) is 13.7. The van der Waals surface area contributed by atoms with Gasteiger partial charge in [-0.15, -0.1) is 21.8 Å². The molecule has 9 nitrogen and oxygen atoms in total. The van der Waals surface area contributed by atoms with E-state index in [9.17, 15) is 9.59 Å². The molecular formula is C24H22ClN5O4. The Balaban J connectivity index is 1.43. The van der Waals surface area contributed by atoms with E-state index in [0.29, 0.717) is 23.6 Å². The van der Waals surface area contributed by atoms with Gasteiger partial charge in [-0.2, -0.15) is 5.21 Å². The number of aromatic nitrogens is 4. The number of unbranched alkanes of at least 4 members (excludes halogenated alkanes) is 2. The molecule has 0 aliphatic rings. The summed E-state index contributed by atoms with van der Waals surface area (Å²) in [5, 5.41) is 16.5. The quantitative estimate of drug-likeness (QED) is 0.196. The van der Waals surface area contributed by atoms with E-state index in [4.69, 9.17) is 20.8 Å². The summed E-state index contributed by atoms with van der Waals surface area (Å²) in [5.41, 5.74) is 1.14. The van der Waals surface area contributed by atoms with Gasteiger partial charge in [0.1, 0.15) is 5.75 Å². The number of tetrazole rings is 1. The molecule has 1 amide bonds. The molecule has 0 aliphatic carbocycles. The van der Waals surface area contributed by atoms with Crippen molar-refractivity contribution in [3.8, 4) is 17.3 Å². The molecule has 0 fully saturated rings. The third-order valence-electron chi connectivity index (χ3n) is 4.93. The number of alkyl halides is 1. The van der Waals surface area contributed by atoms with Gasteiger partial charge in [0, 0.05) is 18.0 Å². The summed E-state index contributed by atoms with van der Waals surface area (Å²) in [6.07, 6.45) is 6.08. The highest BCUT2D eigenvalue weighted by Gasteiger charge is 2.14. The number of nitrogens with zero attached hydrogens (tertiary/aromatic N) is 3. The van der Waals surface area contributed by atoms with Gasteiger partial charge in [-0.3, -0.25) is 9.59 Å². The average Bonchev–Trinajstić information content (AvgIpc) is 3.39. The number of rotatable bonds is 10. The number of amides is 1. The number of aromatic amines is 1. The third-order valence-corrected chi connectivity index (χ3v) is 5.20. The molecule has 2 aromatic carbocycles. The maximum atomic E-state index is 12.5. The highest BCUT2D eigenvalue weighted by molar-refractivity contribution is 6.17. The van der Waals surface area contributed by atoms with Crippen LogP contribution in [0.4, 0.5) is 5.69 Å². The molecule has 4 rings (SSSR count). The van der Waals surface area contributed by atoms with E-state index in [2.05, 4.69) is 25.9 Å². The topological polar surface area (TPSA) is 123 Å². The summed E-state index contributed by atoms with van der Waals surface area (Å²) in [4.78, 5) is 25.0. The number of ether oxygens (including phenoxy) is 1. The molecule has 34 heavy (non-hydrogen) atoms. The molecule has 0 unspecified atom stereocenters. The van der Waals surface area contributed by atoms with E-state index < -0.39 is 0 Å². The van der Waals surface area contributed by atoms with Crippen LogP contribution in [0.3, 0.4) is 0 Å². The lowest BCUT2D eigenvalue weighted by molar-refractivity contribution is -0.111. The molecule has 0 atom stereocenters. The second-order valence-corrected chi connectivity index (χ2v) is 7.76. The van der Waals surface area contributed by atoms with E-state index >= 15 is 0 Å². The molecular weight excluding hydrogens is 458 g/mol. The molecule has 2 N–H and O–H groups in total. The molecule has 2 aromatic heterocycles. The van der Waals surface area contributed by atoms with Crippen LogP contribution in [0.25, 0.3) is 28.6 Å². The predicted molar refractivity (Wildman–Crippen MR) is 130 cm³/mol. The number of nitrogens with one attached hydrogen (secondary N) is 2. The minimum Gasteiger partial charge on any atom is -0.494 e. The SMILES string of the molecule is O=C(C=Cc1ccc(OCCCCCCl)cc1)Nc1cccc2c(=O)cc(-c3nn[nH]n3)oc12. The first-order valence-electron chi connectivity index (χ1n) is 10.7. The van der Waals surface area contributed by atoms with Crippen LogP contribution in [-0.4, -0.2) is 39.0 Å². The van der Waals surface area contributed by atoms with Crippen molar-refractivity contribution in [2.45, 2.75) is 19.3 Å². The molecule has 0 saturated carbocycles. The Morgan fingerprint density at radius 2 is 2.00 bits per heavy atom. The summed E-state index contributed by atoms with van der Waals surface area (Å²) < 4.78 is 11.5. The van der Waals surface area contributed by atoms with E-state index in [0.717, 1.165) is 30.6 Å². The molecule has 2 heterocycles. The van der Waals surface area contributed by atoms with Gasteiger partial charge in [-0.05, 0) is 60.4 Å². The normalized spacial score (nSPS) is 11.2. The monoisotopic (exact) mass is 479 g/mol. The van der Waals surface area contributed by atoms with Crippen LogP contribution in [0, 0.1) is 0 Å². The van der Waals surface area contributed by atoms with Crippen molar-refractivity contribution in [3.63, 3.8) is 0 Å². The van der Waals surface area contributed by atoms with Crippen molar-refractivity contribution < 1.29 is 13.9 Å². The van der Waals surface area contributed by atoms with Crippen molar-refractivity contribution in [1.82, 2.24) is 20.6 Å². The third kappa shape index (κ3) is 5.87. The largest absolute Gasteiger partial charge is 0.494 e. The van der Waals surface area contributed by atoms with Crippen molar-refractivity contribution in [2.75, 3.05) is 17.8 Å². The minimum absolute atomic E-state index is 0.141. The summed E-state index contributed by atoms with van der Waals surface area (Å²) in [6.45, 7) is 0.643. The fourth-order valence-corrected chi connectivity index (χ4v) is 3.43. The highest BCUT2D eigenvalue weighted by atomic mass is 35.5. The Morgan fingerprint density at radius 3 is 2.76 bits per heavy atom. The maximum Gasteiger partial charge on any atom is 0.248 e. The molecule has 0 saturated heterocycles. The first kappa shape index (κ1) is 23.2. The van der Waals surface area contributed by atoms with Crippen LogP contribution < -0.4 is 15.5 Å². The van der Waals surface area contributed by atoms with Gasteiger partial charge in [0.15, 0.2) is 16.8 Å². The van der Waals surface area contributed by atoms with Gasteiger partial charge in [0.05, 0.1) is 17.7 Å². The Bertz CT molecular complexity index is 1330. The van der Waals surface area contributed by atoms with Crippen LogP contribution in [0.2, 0.25) is 0 Å². The Hall–Kier alpha value is -3.98. The zero-order valence-corrected chi connectivity index (χ0v) is 18.9. The first-order chi connectivity index (χ1) is 16.6. The van der Waals surface area contributed by atoms with Crippen LogP contribution in [-0.2, 0) is 4.79 Å². The van der Waals surface area contributed by atoms with Gasteiger partial charge < -0.3 is 14.5 Å². The fraction of sp³-hybridized carbons (Fsp3) is 0.208. The average molecular weight is 480 g/mol. The van der Waals surface area contributed by atoms with Crippen molar-refractivity contribution in [2.24, 2.45) is 0 Å². The number of hydrogen-bond donors (Lipinski definition) is 2. The van der Waals surface area contributed by atoms with Gasteiger partial charge in [0.2, 0.25) is 11.7 Å². The van der Waals surface area contributed by atoms with Gasteiger partial charge in [-0.1, -0.05) is 18.2 Å². The summed E-state index contributed by atoms with van der Waals surface area (Å²) in [7, 11) is 0. The van der Waals surface area contributed by atoms with Crippen LogP contribution in [0.1, 0.15) is 24.8 Å². The number of fused-ring (bicyclic) bond motifs is 1. The van der Waals surface area contributed by atoms with Crippen molar-refractivity contribution in [3.05, 3.63) is 70.4 Å². The minimum atomic E-state index is -0.375. The Labute approximate surface area is 199 Å². The number of benzene rings is 2. The van der Waals surface area contributed by atoms with Gasteiger partial charge in [-0.25, -0.2) is 0 Å². The second-order valence-electron chi connectivity index (χ2n) is 7.38. The van der Waals surface area contributed by atoms with Gasteiger partial charge >= 0.3 is 0 Å². The van der Waals surface area contributed by atoms with E-state index in [1.165, 1.54) is 12.1 Å². The lowest BCUT2D eigenvalue weighted by atomic mass is 10.2. The number of carbonyl (C=O) groups is 1. The molecule has 4 aromatic rings. The maximum absolute atomic E-state index is 12.5. The number of carbonyl (C=O) groups excluding carboxylic acids is 1. The van der Waals surface area contributed by atoms with Gasteiger partial charge in [0.25, 0.3) is 0 Å². The molecule has 0 spiro atoms. The molecule has 0 bridgehead atoms. The summed E-state index contributed by atoms with van der Waals surface area (Å²) in [5.74, 6) is 1.35. The number of H-pyrrole nitrogens is 1. The van der Waals surface area contributed by atoms with Crippen LogP contribution >= 0.6 is 11.6 Å². The summed E-state index contributed by atoms with van der Waals surface area (Å²) >= 11 is 5.67.